The Bertz CT molecular complexity index is 1010. The second kappa shape index (κ2) is 6.48. The molecule has 0 saturated carbocycles. The molecular formula is C20H17N3O3. The van der Waals surface area contributed by atoms with E-state index in [4.69, 9.17) is 0 Å². The van der Waals surface area contributed by atoms with Crippen molar-refractivity contribution in [2.45, 2.75) is 13.0 Å². The lowest BCUT2D eigenvalue weighted by Gasteiger charge is -2.09. The van der Waals surface area contributed by atoms with Crippen LogP contribution in [0.25, 0.3) is 10.9 Å². The van der Waals surface area contributed by atoms with Crippen molar-refractivity contribution in [3.63, 3.8) is 0 Å². The molecule has 6 heteroatoms. The summed E-state index contributed by atoms with van der Waals surface area (Å²) >= 11 is 0. The van der Waals surface area contributed by atoms with Crippen molar-refractivity contribution in [1.29, 1.82) is 0 Å². The number of nitrogens with zero attached hydrogens (tertiary/aromatic N) is 1. The highest BCUT2D eigenvalue weighted by atomic mass is 16.5. The molecule has 0 saturated heterocycles. The van der Waals surface area contributed by atoms with E-state index in [1.807, 2.05) is 36.4 Å². The lowest BCUT2D eigenvalue weighted by Crippen LogP contribution is -2.04. The molecule has 2 aromatic carbocycles. The number of carbonyl (C=O) groups is 2. The van der Waals surface area contributed by atoms with Crippen LogP contribution in [0, 0.1) is 0 Å². The molecule has 2 N–H and O–H groups in total. The van der Waals surface area contributed by atoms with E-state index >= 15 is 0 Å². The lowest BCUT2D eigenvalue weighted by atomic mass is 10.1. The van der Waals surface area contributed by atoms with Crippen LogP contribution in [0.5, 0.6) is 0 Å². The molecule has 0 spiro atoms. The molecule has 0 aliphatic carbocycles. The zero-order valence-electron chi connectivity index (χ0n) is 14.2. The molecule has 4 rings (SSSR count). The highest BCUT2D eigenvalue weighted by molar-refractivity contribution is 6.05. The molecule has 0 radical (unpaired) electrons. The van der Waals surface area contributed by atoms with E-state index in [0.29, 0.717) is 18.5 Å². The number of ether oxygens (including phenoxy) is 1. The fourth-order valence-corrected chi connectivity index (χ4v) is 3.10. The van der Waals surface area contributed by atoms with Gasteiger partial charge in [0, 0.05) is 16.8 Å². The third kappa shape index (κ3) is 2.97. The van der Waals surface area contributed by atoms with Gasteiger partial charge in [-0.05, 0) is 48.0 Å². The first-order valence-electron chi connectivity index (χ1n) is 8.27. The molecule has 3 aromatic rings. The third-order valence-corrected chi connectivity index (χ3v) is 4.43. The standard InChI is InChI=1S/C20H17N3O3/c1-26-20(25)12-2-4-13(5-3-12)21-11-14-6-7-15-16-10-19(24)23-18(16)9-8-17(15)22-14/h2-9,21H,10-11H2,1H3,(H,23,24). The summed E-state index contributed by atoms with van der Waals surface area (Å²) in [6.07, 6.45) is 0.401. The number of carbonyl (C=O) groups excluding carboxylic acids is 2. The molecule has 6 nitrogen and oxygen atoms in total. The minimum Gasteiger partial charge on any atom is -0.465 e. The number of anilines is 2. The Kier molecular flexibility index (Phi) is 4.01. The summed E-state index contributed by atoms with van der Waals surface area (Å²) in [6.45, 7) is 0.557. The average molecular weight is 347 g/mol. The molecular weight excluding hydrogens is 330 g/mol. The van der Waals surface area contributed by atoms with E-state index < -0.39 is 0 Å². The van der Waals surface area contributed by atoms with Crippen molar-refractivity contribution in [3.8, 4) is 0 Å². The highest BCUT2D eigenvalue weighted by Gasteiger charge is 2.20. The van der Waals surface area contributed by atoms with Gasteiger partial charge in [-0.25, -0.2) is 4.79 Å². The zero-order chi connectivity index (χ0) is 18.1. The maximum absolute atomic E-state index is 11.6. The molecule has 2 heterocycles. The number of hydrogen-bond acceptors (Lipinski definition) is 5. The molecule has 1 aliphatic heterocycles. The molecule has 1 aliphatic rings. The van der Waals surface area contributed by atoms with Crippen LogP contribution in [0.1, 0.15) is 21.6 Å². The van der Waals surface area contributed by atoms with Gasteiger partial charge in [0.05, 0.1) is 36.8 Å². The lowest BCUT2D eigenvalue weighted by molar-refractivity contribution is -0.115. The Labute approximate surface area is 150 Å². The van der Waals surface area contributed by atoms with Gasteiger partial charge in [0.25, 0.3) is 0 Å². The van der Waals surface area contributed by atoms with Crippen LogP contribution in [0.4, 0.5) is 11.4 Å². The van der Waals surface area contributed by atoms with Crippen molar-refractivity contribution in [2.24, 2.45) is 0 Å². The Morgan fingerprint density at radius 2 is 1.96 bits per heavy atom. The topological polar surface area (TPSA) is 80.3 Å². The molecule has 0 bridgehead atoms. The predicted molar refractivity (Wildman–Crippen MR) is 99.2 cm³/mol. The quantitative estimate of drug-likeness (QED) is 0.709. The first-order valence-corrected chi connectivity index (χ1v) is 8.27. The number of esters is 1. The maximum atomic E-state index is 11.6. The summed E-state index contributed by atoms with van der Waals surface area (Å²) in [4.78, 5) is 27.7. The zero-order valence-corrected chi connectivity index (χ0v) is 14.2. The van der Waals surface area contributed by atoms with Crippen molar-refractivity contribution in [2.75, 3.05) is 17.7 Å². The number of pyridine rings is 1. The Balaban J connectivity index is 1.50. The summed E-state index contributed by atoms with van der Waals surface area (Å²) in [5, 5.41) is 7.15. The number of nitrogens with one attached hydrogen (secondary N) is 2. The van der Waals surface area contributed by atoms with Crippen LogP contribution in [-0.4, -0.2) is 24.0 Å². The summed E-state index contributed by atoms with van der Waals surface area (Å²) < 4.78 is 4.69. The van der Waals surface area contributed by atoms with Gasteiger partial charge < -0.3 is 15.4 Å². The van der Waals surface area contributed by atoms with Crippen LogP contribution in [0.2, 0.25) is 0 Å². The van der Waals surface area contributed by atoms with E-state index in [0.717, 1.165) is 33.5 Å². The van der Waals surface area contributed by atoms with Gasteiger partial charge in [0.1, 0.15) is 0 Å². The van der Waals surface area contributed by atoms with E-state index in [1.165, 1.54) is 7.11 Å². The van der Waals surface area contributed by atoms with E-state index in [-0.39, 0.29) is 11.9 Å². The van der Waals surface area contributed by atoms with Crippen molar-refractivity contribution >= 4 is 34.2 Å². The number of rotatable bonds is 4. The van der Waals surface area contributed by atoms with Crippen molar-refractivity contribution < 1.29 is 14.3 Å². The van der Waals surface area contributed by atoms with Gasteiger partial charge in [-0.3, -0.25) is 9.78 Å². The fraction of sp³-hybridized carbons (Fsp3) is 0.150. The minimum absolute atomic E-state index is 0.0219. The van der Waals surface area contributed by atoms with Crippen LogP contribution >= 0.6 is 0 Å². The SMILES string of the molecule is COC(=O)c1ccc(NCc2ccc3c4c(ccc3n2)NC(=O)C4)cc1. The van der Waals surface area contributed by atoms with E-state index in [2.05, 4.69) is 20.4 Å². The smallest absolute Gasteiger partial charge is 0.337 e. The number of fused-ring (bicyclic) bond motifs is 3. The molecule has 0 fully saturated rings. The number of methoxy groups -OCH3 is 1. The normalized spacial score (nSPS) is 12.6. The molecule has 0 unspecified atom stereocenters. The molecule has 26 heavy (non-hydrogen) atoms. The Morgan fingerprint density at radius 1 is 1.15 bits per heavy atom. The highest BCUT2D eigenvalue weighted by Crippen LogP contribution is 2.30. The largest absolute Gasteiger partial charge is 0.465 e. The van der Waals surface area contributed by atoms with Gasteiger partial charge >= 0.3 is 5.97 Å². The molecule has 1 amide bonds. The predicted octanol–water partition coefficient (Wildman–Crippen LogP) is 3.13. The minimum atomic E-state index is -0.353. The number of benzene rings is 2. The van der Waals surface area contributed by atoms with Gasteiger partial charge in [-0.1, -0.05) is 6.07 Å². The van der Waals surface area contributed by atoms with Crippen LogP contribution in [0.15, 0.2) is 48.5 Å². The van der Waals surface area contributed by atoms with Crippen molar-refractivity contribution in [3.05, 3.63) is 65.4 Å². The van der Waals surface area contributed by atoms with E-state index in [1.54, 1.807) is 12.1 Å². The second-order valence-electron chi connectivity index (χ2n) is 6.11. The summed E-state index contributed by atoms with van der Waals surface area (Å²) in [7, 11) is 1.36. The average Bonchev–Trinajstić information content (AvgIpc) is 3.06. The third-order valence-electron chi connectivity index (χ3n) is 4.43. The van der Waals surface area contributed by atoms with Gasteiger partial charge in [0.15, 0.2) is 0 Å². The van der Waals surface area contributed by atoms with Gasteiger partial charge in [-0.15, -0.1) is 0 Å². The Hall–Kier alpha value is -3.41. The van der Waals surface area contributed by atoms with Crippen LogP contribution in [0.3, 0.4) is 0 Å². The van der Waals surface area contributed by atoms with Crippen LogP contribution < -0.4 is 10.6 Å². The van der Waals surface area contributed by atoms with Crippen LogP contribution in [-0.2, 0) is 22.5 Å². The van der Waals surface area contributed by atoms with Gasteiger partial charge in [0.2, 0.25) is 5.91 Å². The molecule has 1 aromatic heterocycles. The second-order valence-corrected chi connectivity index (χ2v) is 6.11. The fourth-order valence-electron chi connectivity index (χ4n) is 3.10. The summed E-state index contributed by atoms with van der Waals surface area (Å²) in [5.74, 6) is -0.332. The van der Waals surface area contributed by atoms with E-state index in [9.17, 15) is 9.59 Å². The Morgan fingerprint density at radius 3 is 2.73 bits per heavy atom. The molecule has 130 valence electrons. The van der Waals surface area contributed by atoms with Gasteiger partial charge in [-0.2, -0.15) is 0 Å². The molecule has 0 atom stereocenters. The monoisotopic (exact) mass is 347 g/mol. The maximum Gasteiger partial charge on any atom is 0.337 e. The summed E-state index contributed by atoms with van der Waals surface area (Å²) in [6, 6.07) is 14.9. The first-order chi connectivity index (χ1) is 12.6. The number of hydrogen-bond donors (Lipinski definition) is 2. The number of aromatic nitrogens is 1. The van der Waals surface area contributed by atoms with Crippen molar-refractivity contribution in [1.82, 2.24) is 4.98 Å². The number of amides is 1. The summed E-state index contributed by atoms with van der Waals surface area (Å²) in [5.41, 5.74) is 5.06. The first kappa shape index (κ1) is 16.1.